The summed E-state index contributed by atoms with van der Waals surface area (Å²) in [6.07, 6.45) is -0.135. The van der Waals surface area contributed by atoms with E-state index in [0.717, 1.165) is 17.0 Å². The number of carboxylic acid groups (broad SMARTS) is 1. The first kappa shape index (κ1) is 15.4. The number of carbonyl (C=O) groups is 1. The van der Waals surface area contributed by atoms with Crippen molar-refractivity contribution in [2.45, 2.75) is 19.0 Å². The number of carboxylic acids is 1. The van der Waals surface area contributed by atoms with Crippen LogP contribution in [0.25, 0.3) is 0 Å². The lowest BCUT2D eigenvalue weighted by Crippen LogP contribution is -2.23. The Balaban J connectivity index is 2.10. The van der Waals surface area contributed by atoms with Crippen LogP contribution in [0.5, 0.6) is 5.75 Å². The van der Waals surface area contributed by atoms with Crippen LogP contribution in [0.4, 0.5) is 8.78 Å². The molecule has 4 nitrogen and oxygen atoms in total. The number of phenols is 1. The summed E-state index contributed by atoms with van der Waals surface area (Å²) in [4.78, 5) is 11.7. The highest BCUT2D eigenvalue weighted by Gasteiger charge is 2.17. The Labute approximate surface area is 123 Å². The Kier molecular flexibility index (Phi) is 4.87. The van der Waals surface area contributed by atoms with E-state index in [1.54, 1.807) is 12.1 Å². The maximum atomic E-state index is 13.2. The summed E-state index contributed by atoms with van der Waals surface area (Å²) in [5, 5.41) is 22.7. The lowest BCUT2D eigenvalue weighted by atomic mass is 10.1. The third-order valence-corrected chi connectivity index (χ3v) is 3.88. The van der Waals surface area contributed by atoms with Gasteiger partial charge in [0.1, 0.15) is 0 Å². The molecule has 0 saturated heterocycles. The summed E-state index contributed by atoms with van der Waals surface area (Å²) in [6, 6.07) is 5.18. The Bertz CT molecular complexity index is 608. The minimum Gasteiger partial charge on any atom is -0.503 e. The third-order valence-electron chi connectivity index (χ3n) is 2.89. The average Bonchev–Trinajstić information content (AvgIpc) is 2.94. The van der Waals surface area contributed by atoms with Gasteiger partial charge in [-0.15, -0.1) is 11.3 Å². The van der Waals surface area contributed by atoms with Crippen molar-refractivity contribution in [1.82, 2.24) is 5.32 Å². The van der Waals surface area contributed by atoms with Crippen LogP contribution in [0.15, 0.2) is 29.6 Å². The second-order valence-corrected chi connectivity index (χ2v) is 5.43. The van der Waals surface area contributed by atoms with Crippen LogP contribution in [0.3, 0.4) is 0 Å². The van der Waals surface area contributed by atoms with Gasteiger partial charge in [-0.1, -0.05) is 6.07 Å². The average molecular weight is 313 g/mol. The molecular formula is C14H13F2NO3S. The van der Waals surface area contributed by atoms with Gasteiger partial charge in [-0.2, -0.15) is 0 Å². The Morgan fingerprint density at radius 2 is 2.00 bits per heavy atom. The van der Waals surface area contributed by atoms with E-state index in [2.05, 4.69) is 5.32 Å². The highest BCUT2D eigenvalue weighted by Crippen LogP contribution is 2.24. The molecule has 1 heterocycles. The van der Waals surface area contributed by atoms with E-state index < -0.39 is 29.4 Å². The number of hydrogen-bond acceptors (Lipinski definition) is 4. The molecule has 7 heteroatoms. The molecule has 0 aliphatic carbocycles. The van der Waals surface area contributed by atoms with Crippen LogP contribution < -0.4 is 5.32 Å². The molecule has 0 aliphatic heterocycles. The standard InChI is InChI=1S/C14H13F2NO3S/c15-9-4-8(5-10(16)14(9)20)7-17-11(6-13(18)19)12-2-1-3-21-12/h1-5,11,17,20H,6-7H2,(H,18,19). The second kappa shape index (κ2) is 6.64. The Hall–Kier alpha value is -1.99. The highest BCUT2D eigenvalue weighted by molar-refractivity contribution is 7.10. The van der Waals surface area contributed by atoms with Crippen molar-refractivity contribution in [3.8, 4) is 5.75 Å². The summed E-state index contributed by atoms with van der Waals surface area (Å²) in [5.74, 6) is -4.07. The van der Waals surface area contributed by atoms with Gasteiger partial charge < -0.3 is 15.5 Å². The quantitative estimate of drug-likeness (QED) is 0.767. The van der Waals surface area contributed by atoms with E-state index in [1.807, 2.05) is 5.38 Å². The first-order valence-corrected chi connectivity index (χ1v) is 7.01. The smallest absolute Gasteiger partial charge is 0.305 e. The van der Waals surface area contributed by atoms with Gasteiger partial charge in [0.15, 0.2) is 17.4 Å². The molecule has 0 fully saturated rings. The summed E-state index contributed by atoms with van der Waals surface area (Å²) < 4.78 is 26.5. The monoisotopic (exact) mass is 313 g/mol. The molecule has 0 aliphatic rings. The number of phenolic OH excluding ortho intramolecular Hbond substituents is 1. The largest absolute Gasteiger partial charge is 0.503 e. The van der Waals surface area contributed by atoms with Crippen LogP contribution >= 0.6 is 11.3 Å². The minimum atomic E-state index is -1.04. The molecule has 1 atom stereocenters. The molecule has 2 rings (SSSR count). The highest BCUT2D eigenvalue weighted by atomic mass is 32.1. The maximum Gasteiger partial charge on any atom is 0.305 e. The molecule has 2 aromatic rings. The lowest BCUT2D eigenvalue weighted by molar-refractivity contribution is -0.137. The molecule has 0 amide bonds. The van der Waals surface area contributed by atoms with E-state index in [0.29, 0.717) is 0 Å². The van der Waals surface area contributed by atoms with Gasteiger partial charge in [0.05, 0.1) is 12.5 Å². The van der Waals surface area contributed by atoms with Crippen molar-refractivity contribution in [2.75, 3.05) is 0 Å². The summed E-state index contributed by atoms with van der Waals surface area (Å²) in [6.45, 7) is 0.0873. The minimum absolute atomic E-state index is 0.0873. The van der Waals surface area contributed by atoms with Crippen LogP contribution in [-0.2, 0) is 11.3 Å². The number of aliphatic carboxylic acids is 1. The zero-order valence-electron chi connectivity index (χ0n) is 10.8. The number of rotatable bonds is 6. The van der Waals surface area contributed by atoms with Crippen molar-refractivity contribution in [1.29, 1.82) is 0 Å². The van der Waals surface area contributed by atoms with E-state index in [4.69, 9.17) is 10.2 Å². The topological polar surface area (TPSA) is 69.6 Å². The number of halogens is 2. The van der Waals surface area contributed by atoms with Crippen molar-refractivity contribution in [3.05, 3.63) is 51.7 Å². The van der Waals surface area contributed by atoms with Gasteiger partial charge in [-0.3, -0.25) is 4.79 Å². The van der Waals surface area contributed by atoms with E-state index in [9.17, 15) is 13.6 Å². The second-order valence-electron chi connectivity index (χ2n) is 4.45. The zero-order valence-corrected chi connectivity index (χ0v) is 11.7. The molecular weight excluding hydrogens is 300 g/mol. The van der Waals surface area contributed by atoms with E-state index in [-0.39, 0.29) is 18.5 Å². The van der Waals surface area contributed by atoms with E-state index >= 15 is 0 Å². The fourth-order valence-corrected chi connectivity index (χ4v) is 2.70. The lowest BCUT2D eigenvalue weighted by Gasteiger charge is -2.15. The van der Waals surface area contributed by atoms with Gasteiger partial charge in [-0.05, 0) is 29.1 Å². The van der Waals surface area contributed by atoms with Gasteiger partial charge in [0.25, 0.3) is 0 Å². The number of nitrogens with one attached hydrogen (secondary N) is 1. The molecule has 0 bridgehead atoms. The maximum absolute atomic E-state index is 13.2. The van der Waals surface area contributed by atoms with Crippen LogP contribution in [0, 0.1) is 11.6 Å². The van der Waals surface area contributed by atoms with E-state index in [1.165, 1.54) is 11.3 Å². The number of hydrogen-bond donors (Lipinski definition) is 3. The molecule has 112 valence electrons. The summed E-state index contributed by atoms with van der Waals surface area (Å²) >= 11 is 1.40. The van der Waals surface area contributed by atoms with Gasteiger partial charge in [0.2, 0.25) is 0 Å². The molecule has 0 saturated carbocycles. The van der Waals surface area contributed by atoms with Gasteiger partial charge in [0, 0.05) is 11.4 Å². The van der Waals surface area contributed by atoms with Crippen LogP contribution in [-0.4, -0.2) is 16.2 Å². The SMILES string of the molecule is O=C(O)CC(NCc1cc(F)c(O)c(F)c1)c1cccs1. The van der Waals surface area contributed by atoms with Crippen molar-refractivity contribution in [3.63, 3.8) is 0 Å². The molecule has 1 aromatic heterocycles. The number of aromatic hydroxyl groups is 1. The van der Waals surface area contributed by atoms with Crippen LogP contribution in [0.1, 0.15) is 22.9 Å². The van der Waals surface area contributed by atoms with Crippen molar-refractivity contribution in [2.24, 2.45) is 0 Å². The summed E-state index contributed by atoms with van der Waals surface area (Å²) in [7, 11) is 0. The fraction of sp³-hybridized carbons (Fsp3) is 0.214. The van der Waals surface area contributed by atoms with Gasteiger partial charge >= 0.3 is 5.97 Å². The fourth-order valence-electron chi connectivity index (χ4n) is 1.90. The third kappa shape index (κ3) is 3.99. The molecule has 0 spiro atoms. The van der Waals surface area contributed by atoms with Crippen molar-refractivity contribution >= 4 is 17.3 Å². The summed E-state index contributed by atoms with van der Waals surface area (Å²) in [5.41, 5.74) is 0.287. The van der Waals surface area contributed by atoms with Gasteiger partial charge in [-0.25, -0.2) is 8.78 Å². The van der Waals surface area contributed by atoms with Crippen molar-refractivity contribution < 1.29 is 23.8 Å². The molecule has 0 radical (unpaired) electrons. The Morgan fingerprint density at radius 3 is 2.52 bits per heavy atom. The predicted octanol–water partition coefficient (Wildman–Crippen LogP) is 3.04. The first-order valence-electron chi connectivity index (χ1n) is 6.13. The molecule has 1 aromatic carbocycles. The predicted molar refractivity (Wildman–Crippen MR) is 74.2 cm³/mol. The zero-order chi connectivity index (χ0) is 15.4. The molecule has 3 N–H and O–H groups in total. The molecule has 1 unspecified atom stereocenters. The number of benzene rings is 1. The van der Waals surface area contributed by atoms with Crippen LogP contribution in [0.2, 0.25) is 0 Å². The molecule has 21 heavy (non-hydrogen) atoms. The Morgan fingerprint density at radius 1 is 1.33 bits per heavy atom. The number of thiophene rings is 1. The normalized spacial score (nSPS) is 12.3. The first-order chi connectivity index (χ1) is 9.97.